The minimum Gasteiger partial charge on any atom is -0.445 e. The Labute approximate surface area is 187 Å². The molecular weight excluding hydrogens is 486 g/mol. The van der Waals surface area contributed by atoms with Gasteiger partial charge < -0.3 is 19.5 Å². The summed E-state index contributed by atoms with van der Waals surface area (Å²) in [7, 11) is -4.56. The number of amides is 1. The lowest BCUT2D eigenvalue weighted by molar-refractivity contribution is -0.384. The summed E-state index contributed by atoms with van der Waals surface area (Å²) in [6.45, 7) is 2.58. The van der Waals surface area contributed by atoms with Gasteiger partial charge in [-0.05, 0) is 13.3 Å². The van der Waals surface area contributed by atoms with E-state index in [1.807, 2.05) is 0 Å². The Bertz CT molecular complexity index is 833. The van der Waals surface area contributed by atoms with Gasteiger partial charge in [-0.1, -0.05) is 53.9 Å². The van der Waals surface area contributed by atoms with Gasteiger partial charge in [-0.3, -0.25) is 19.5 Å². The summed E-state index contributed by atoms with van der Waals surface area (Å²) >= 11 is 16.5. The summed E-state index contributed by atoms with van der Waals surface area (Å²) < 4.78 is 20.5. The summed E-state index contributed by atoms with van der Waals surface area (Å²) in [5, 5.41) is 13.0. The first-order chi connectivity index (χ1) is 13.7. The van der Waals surface area contributed by atoms with Crippen LogP contribution in [-0.2, 0) is 13.8 Å². The normalized spacial score (nSPS) is 15.5. The van der Waals surface area contributed by atoms with E-state index in [1.165, 1.54) is 25.1 Å². The molecule has 3 unspecified atom stereocenters. The quantitative estimate of drug-likeness (QED) is 0.154. The molecule has 1 aromatic rings. The molecule has 0 saturated carbocycles. The second kappa shape index (κ2) is 11.3. The number of rotatable bonds is 10. The fourth-order valence-electron chi connectivity index (χ4n) is 2.07. The summed E-state index contributed by atoms with van der Waals surface area (Å²) in [4.78, 5) is 45.0. The molecule has 30 heavy (non-hydrogen) atoms. The predicted molar refractivity (Wildman–Crippen MR) is 111 cm³/mol. The third-order valence-electron chi connectivity index (χ3n) is 3.71. The maximum atomic E-state index is 12.7. The molecule has 0 bridgehead atoms. The van der Waals surface area contributed by atoms with Gasteiger partial charge in [-0.2, -0.15) is 0 Å². The number of alkyl carbamates (subject to hydrolysis) is 1. The number of Topliss-reactive ketones (excluding diaryl/α,β-unsaturated/α-hetero) is 1. The second-order valence-corrected chi connectivity index (χ2v) is 10.7. The Kier molecular flexibility index (Phi) is 10.00. The summed E-state index contributed by atoms with van der Waals surface area (Å²) in [5.41, 5.74) is -0.426. The minimum atomic E-state index is -4.56. The number of ether oxygens (including phenoxy) is 1. The number of nitrogens with one attached hydrogen (secondary N) is 1. The van der Waals surface area contributed by atoms with Crippen molar-refractivity contribution in [2.45, 2.75) is 42.4 Å². The zero-order valence-electron chi connectivity index (χ0n) is 15.9. The highest BCUT2D eigenvalue weighted by molar-refractivity contribution is 7.53. The number of non-ortho nitro benzene ring substituents is 1. The molecular formula is C16H20Cl3N2O8P. The third-order valence-corrected chi connectivity index (χ3v) is 5.80. The molecule has 1 amide bonds. The van der Waals surface area contributed by atoms with Crippen molar-refractivity contribution >= 4 is 60.0 Å². The number of halogens is 3. The average molecular weight is 506 g/mol. The number of hydrogen-bond donors (Lipinski definition) is 2. The SMILES string of the molecule is CCC(C)OP(=O)(O)C(CC(=O)c1cccc([N+](=O)[O-])c1)NC(=O)OCC(Cl)(Cl)Cl. The van der Waals surface area contributed by atoms with Gasteiger partial charge in [-0.25, -0.2) is 4.79 Å². The molecule has 0 radical (unpaired) electrons. The number of alkyl halides is 3. The Hall–Kier alpha value is -1.42. The number of benzene rings is 1. The van der Waals surface area contributed by atoms with E-state index in [1.54, 1.807) is 6.92 Å². The zero-order chi connectivity index (χ0) is 23.1. The summed E-state index contributed by atoms with van der Waals surface area (Å²) in [6.07, 6.45) is -2.20. The van der Waals surface area contributed by atoms with Crippen molar-refractivity contribution < 1.29 is 33.2 Å². The van der Waals surface area contributed by atoms with Crippen LogP contribution in [0.5, 0.6) is 0 Å². The maximum Gasteiger partial charge on any atom is 0.408 e. The van der Waals surface area contributed by atoms with Crippen molar-refractivity contribution in [2.75, 3.05) is 6.61 Å². The third kappa shape index (κ3) is 9.16. The fourth-order valence-corrected chi connectivity index (χ4v) is 3.71. The first-order valence-electron chi connectivity index (χ1n) is 8.53. The molecule has 0 aliphatic heterocycles. The van der Waals surface area contributed by atoms with E-state index < -0.39 is 53.1 Å². The highest BCUT2D eigenvalue weighted by atomic mass is 35.6. The average Bonchev–Trinajstić information content (AvgIpc) is 2.64. The molecule has 14 heteroatoms. The van der Waals surface area contributed by atoms with Crippen molar-refractivity contribution in [2.24, 2.45) is 0 Å². The van der Waals surface area contributed by atoms with Gasteiger partial charge in [0.25, 0.3) is 5.69 Å². The monoisotopic (exact) mass is 504 g/mol. The molecule has 3 atom stereocenters. The molecule has 0 saturated heterocycles. The summed E-state index contributed by atoms with van der Waals surface area (Å²) in [5.74, 6) is -2.45. The van der Waals surface area contributed by atoms with Crippen molar-refractivity contribution in [3.05, 3.63) is 39.9 Å². The van der Waals surface area contributed by atoms with E-state index in [4.69, 9.17) is 39.3 Å². The lowest BCUT2D eigenvalue weighted by Gasteiger charge is -2.25. The van der Waals surface area contributed by atoms with E-state index >= 15 is 0 Å². The minimum absolute atomic E-state index is 0.0887. The fraction of sp³-hybridized carbons (Fsp3) is 0.500. The van der Waals surface area contributed by atoms with Crippen LogP contribution < -0.4 is 5.32 Å². The van der Waals surface area contributed by atoms with Crippen LogP contribution in [0.25, 0.3) is 0 Å². The van der Waals surface area contributed by atoms with Crippen LogP contribution in [0.1, 0.15) is 37.0 Å². The second-order valence-electron chi connectivity index (χ2n) is 6.17. The standard InChI is InChI=1S/C16H20Cl3N2O8P/c1-3-10(2)29-30(26,27)14(20-15(23)28-9-16(17,18)19)8-13(22)11-5-4-6-12(7-11)21(24)25/h4-7,10,14H,3,8-9H2,1-2H3,(H,20,23)(H,26,27). The number of ketones is 1. The lowest BCUT2D eigenvalue weighted by Crippen LogP contribution is -2.38. The molecule has 1 rings (SSSR count). The smallest absolute Gasteiger partial charge is 0.408 e. The maximum absolute atomic E-state index is 12.7. The number of hydrogen-bond acceptors (Lipinski definition) is 7. The molecule has 0 aliphatic rings. The molecule has 168 valence electrons. The van der Waals surface area contributed by atoms with E-state index in [0.29, 0.717) is 6.42 Å². The number of carbonyl (C=O) groups is 2. The van der Waals surface area contributed by atoms with Gasteiger partial charge in [-0.15, -0.1) is 0 Å². The van der Waals surface area contributed by atoms with Gasteiger partial charge in [0.1, 0.15) is 12.4 Å². The van der Waals surface area contributed by atoms with Gasteiger partial charge in [0, 0.05) is 24.1 Å². The van der Waals surface area contributed by atoms with Crippen LogP contribution in [0, 0.1) is 10.1 Å². The van der Waals surface area contributed by atoms with Gasteiger partial charge in [0.2, 0.25) is 3.79 Å². The van der Waals surface area contributed by atoms with Crippen LogP contribution in [-0.4, -0.2) is 44.0 Å². The van der Waals surface area contributed by atoms with Crippen molar-refractivity contribution in [1.82, 2.24) is 5.32 Å². The first kappa shape index (κ1) is 26.6. The number of carbonyl (C=O) groups excluding carboxylic acids is 2. The largest absolute Gasteiger partial charge is 0.445 e. The number of nitrogens with zero attached hydrogens (tertiary/aromatic N) is 1. The van der Waals surface area contributed by atoms with Crippen LogP contribution in [0.2, 0.25) is 0 Å². The van der Waals surface area contributed by atoms with Gasteiger partial charge in [0.05, 0.1) is 11.0 Å². The molecule has 0 spiro atoms. The highest BCUT2D eigenvalue weighted by Crippen LogP contribution is 2.49. The van der Waals surface area contributed by atoms with Gasteiger partial charge in [0.15, 0.2) is 5.78 Å². The first-order valence-corrected chi connectivity index (χ1v) is 11.3. The van der Waals surface area contributed by atoms with Crippen molar-refractivity contribution in [3.8, 4) is 0 Å². The Balaban J connectivity index is 3.06. The molecule has 1 aromatic carbocycles. The van der Waals surface area contributed by atoms with Crippen LogP contribution >= 0.6 is 42.4 Å². The Morgan fingerprint density at radius 3 is 2.53 bits per heavy atom. The highest BCUT2D eigenvalue weighted by Gasteiger charge is 2.38. The molecule has 0 heterocycles. The van der Waals surface area contributed by atoms with E-state index in [-0.39, 0.29) is 11.3 Å². The Morgan fingerprint density at radius 2 is 2.00 bits per heavy atom. The van der Waals surface area contributed by atoms with Crippen LogP contribution in [0.15, 0.2) is 24.3 Å². The number of nitro groups is 1. The topological polar surface area (TPSA) is 145 Å². The number of nitro benzene ring substituents is 1. The molecule has 2 N–H and O–H groups in total. The molecule has 0 aromatic heterocycles. The molecule has 10 nitrogen and oxygen atoms in total. The Morgan fingerprint density at radius 1 is 1.37 bits per heavy atom. The van der Waals surface area contributed by atoms with E-state index in [2.05, 4.69) is 10.1 Å². The van der Waals surface area contributed by atoms with Crippen molar-refractivity contribution in [3.63, 3.8) is 0 Å². The zero-order valence-corrected chi connectivity index (χ0v) is 19.1. The summed E-state index contributed by atoms with van der Waals surface area (Å²) in [6, 6.07) is 4.78. The van der Waals surface area contributed by atoms with E-state index in [9.17, 15) is 29.2 Å². The molecule has 0 fully saturated rings. The van der Waals surface area contributed by atoms with Crippen LogP contribution in [0.3, 0.4) is 0 Å². The van der Waals surface area contributed by atoms with Crippen molar-refractivity contribution in [1.29, 1.82) is 0 Å². The lowest BCUT2D eigenvalue weighted by atomic mass is 10.1. The van der Waals surface area contributed by atoms with Gasteiger partial charge >= 0.3 is 13.7 Å². The van der Waals surface area contributed by atoms with Crippen LogP contribution in [0.4, 0.5) is 10.5 Å². The molecule has 0 aliphatic carbocycles. The predicted octanol–water partition coefficient (Wildman–Crippen LogP) is 4.59. The van der Waals surface area contributed by atoms with E-state index in [0.717, 1.165) is 6.07 Å².